The first-order valence-electron chi connectivity index (χ1n) is 8.81. The van der Waals surface area contributed by atoms with Crippen molar-refractivity contribution in [3.63, 3.8) is 0 Å². The third-order valence-electron chi connectivity index (χ3n) is 4.19. The second kappa shape index (κ2) is 9.50. The second-order valence-corrected chi connectivity index (χ2v) is 7.51. The van der Waals surface area contributed by atoms with Gasteiger partial charge in [-0.3, -0.25) is 9.59 Å². The summed E-state index contributed by atoms with van der Waals surface area (Å²) in [5, 5.41) is 14.5. The lowest BCUT2D eigenvalue weighted by Gasteiger charge is -2.30. The molecule has 2 aromatic rings. The number of aliphatic hydroxyl groups excluding tert-OH is 1. The lowest BCUT2D eigenvalue weighted by molar-refractivity contribution is -0.118. The van der Waals surface area contributed by atoms with Crippen molar-refractivity contribution in [1.82, 2.24) is 4.90 Å². The molecule has 5 nitrogen and oxygen atoms in total. The van der Waals surface area contributed by atoms with Crippen LogP contribution in [0.4, 0.5) is 5.69 Å². The normalized spacial score (nSPS) is 12.0. The van der Waals surface area contributed by atoms with Crippen LogP contribution in [0.15, 0.2) is 41.8 Å². The molecule has 1 aromatic carbocycles. The Kier molecular flexibility index (Phi) is 7.36. The largest absolute Gasteiger partial charge is 0.394 e. The van der Waals surface area contributed by atoms with E-state index in [9.17, 15) is 14.7 Å². The van der Waals surface area contributed by atoms with E-state index in [1.165, 1.54) is 0 Å². The lowest BCUT2D eigenvalue weighted by atomic mass is 10.1. The van der Waals surface area contributed by atoms with Crippen molar-refractivity contribution in [3.8, 4) is 0 Å². The summed E-state index contributed by atoms with van der Waals surface area (Å²) in [7, 11) is 0. The van der Waals surface area contributed by atoms with E-state index < -0.39 is 0 Å². The molecule has 1 heterocycles. The van der Waals surface area contributed by atoms with Crippen LogP contribution in [0, 0.1) is 5.92 Å². The third-order valence-corrected chi connectivity index (χ3v) is 5.05. The number of hydrogen-bond acceptors (Lipinski definition) is 4. The summed E-state index contributed by atoms with van der Waals surface area (Å²) in [4.78, 5) is 27.8. The van der Waals surface area contributed by atoms with Gasteiger partial charge in [0.25, 0.3) is 5.91 Å². The number of amides is 2. The molecule has 0 aliphatic carbocycles. The molecule has 1 aromatic heterocycles. The van der Waals surface area contributed by atoms with Crippen LogP contribution in [0.3, 0.4) is 0 Å². The summed E-state index contributed by atoms with van der Waals surface area (Å²) < 4.78 is 0. The molecule has 1 unspecified atom stereocenters. The van der Waals surface area contributed by atoms with E-state index in [0.29, 0.717) is 24.2 Å². The molecule has 6 heteroatoms. The Hall–Kier alpha value is -2.18. The van der Waals surface area contributed by atoms with Crippen LogP contribution in [-0.4, -0.2) is 34.5 Å². The Labute approximate surface area is 158 Å². The maximum Gasteiger partial charge on any atom is 0.254 e. The molecule has 26 heavy (non-hydrogen) atoms. The smallest absolute Gasteiger partial charge is 0.254 e. The van der Waals surface area contributed by atoms with Gasteiger partial charge in [-0.15, -0.1) is 11.3 Å². The van der Waals surface area contributed by atoms with E-state index in [0.717, 1.165) is 4.88 Å². The molecule has 140 valence electrons. The van der Waals surface area contributed by atoms with Gasteiger partial charge in [-0.1, -0.05) is 32.9 Å². The van der Waals surface area contributed by atoms with E-state index in [4.69, 9.17) is 0 Å². The van der Waals surface area contributed by atoms with Crippen LogP contribution in [0.5, 0.6) is 0 Å². The topological polar surface area (TPSA) is 69.6 Å². The summed E-state index contributed by atoms with van der Waals surface area (Å²) in [5.74, 6) is -0.379. The van der Waals surface area contributed by atoms with Gasteiger partial charge in [-0.05, 0) is 36.1 Å². The van der Waals surface area contributed by atoms with Crippen LogP contribution < -0.4 is 5.32 Å². The standard InChI is InChI=1S/C20H26N2O3S/c1-4-17(13-23)22(12-18-9-6-10-26-18)20(25)15-7-5-8-16(11-15)21-19(24)14(2)3/h5-11,14,17,23H,4,12-13H2,1-3H3,(H,21,24). The zero-order valence-electron chi connectivity index (χ0n) is 15.4. The minimum atomic E-state index is -0.251. The molecule has 2 N–H and O–H groups in total. The van der Waals surface area contributed by atoms with Gasteiger partial charge in [-0.25, -0.2) is 0 Å². The summed E-state index contributed by atoms with van der Waals surface area (Å²) in [6, 6.07) is 10.6. The quantitative estimate of drug-likeness (QED) is 0.739. The predicted molar refractivity (Wildman–Crippen MR) is 105 cm³/mol. The number of nitrogens with one attached hydrogen (secondary N) is 1. The summed E-state index contributed by atoms with van der Waals surface area (Å²) in [5.41, 5.74) is 1.10. The molecular weight excluding hydrogens is 348 g/mol. The number of nitrogens with zero attached hydrogens (tertiary/aromatic N) is 1. The number of benzene rings is 1. The SMILES string of the molecule is CCC(CO)N(Cc1cccs1)C(=O)c1cccc(NC(=O)C(C)C)c1. The Morgan fingerprint density at radius 1 is 1.23 bits per heavy atom. The first-order chi connectivity index (χ1) is 12.5. The van der Waals surface area contributed by atoms with E-state index >= 15 is 0 Å². The molecule has 0 saturated heterocycles. The van der Waals surface area contributed by atoms with Crippen molar-refractivity contribution in [3.05, 3.63) is 52.2 Å². The van der Waals surface area contributed by atoms with Crippen LogP contribution in [0.2, 0.25) is 0 Å². The Bertz CT molecular complexity index is 724. The first-order valence-corrected chi connectivity index (χ1v) is 9.69. The lowest BCUT2D eigenvalue weighted by Crippen LogP contribution is -2.41. The van der Waals surface area contributed by atoms with Gasteiger partial charge < -0.3 is 15.3 Å². The fourth-order valence-corrected chi connectivity index (χ4v) is 3.27. The highest BCUT2D eigenvalue weighted by atomic mass is 32.1. The number of anilines is 1. The van der Waals surface area contributed by atoms with Gasteiger partial charge >= 0.3 is 0 Å². The number of carbonyl (C=O) groups is 2. The van der Waals surface area contributed by atoms with Crippen molar-refractivity contribution in [2.75, 3.05) is 11.9 Å². The fourth-order valence-electron chi connectivity index (χ4n) is 2.57. The van der Waals surface area contributed by atoms with Gasteiger partial charge in [0.1, 0.15) is 0 Å². The summed E-state index contributed by atoms with van der Waals surface area (Å²) >= 11 is 1.58. The van der Waals surface area contributed by atoms with Gasteiger partial charge in [0, 0.05) is 22.0 Å². The highest BCUT2D eigenvalue weighted by Gasteiger charge is 2.24. The maximum absolute atomic E-state index is 13.1. The maximum atomic E-state index is 13.1. The summed E-state index contributed by atoms with van der Waals surface area (Å²) in [6.45, 7) is 5.96. The second-order valence-electron chi connectivity index (χ2n) is 6.48. The Morgan fingerprint density at radius 3 is 2.58 bits per heavy atom. The number of carbonyl (C=O) groups excluding carboxylic acids is 2. The molecule has 0 aliphatic rings. The number of aliphatic hydroxyl groups is 1. The minimum absolute atomic E-state index is 0.0859. The van der Waals surface area contributed by atoms with Crippen molar-refractivity contribution in [1.29, 1.82) is 0 Å². The Morgan fingerprint density at radius 2 is 2.00 bits per heavy atom. The van der Waals surface area contributed by atoms with E-state index in [-0.39, 0.29) is 30.4 Å². The first kappa shape index (κ1) is 20.1. The zero-order valence-corrected chi connectivity index (χ0v) is 16.3. The molecule has 2 amide bonds. The fraction of sp³-hybridized carbons (Fsp3) is 0.400. The number of thiophene rings is 1. The van der Waals surface area contributed by atoms with Crippen molar-refractivity contribution >= 4 is 28.8 Å². The molecule has 1 atom stereocenters. The van der Waals surface area contributed by atoms with Crippen molar-refractivity contribution in [2.24, 2.45) is 5.92 Å². The molecule has 0 bridgehead atoms. The van der Waals surface area contributed by atoms with E-state index in [1.807, 2.05) is 38.3 Å². The van der Waals surface area contributed by atoms with Crippen LogP contribution in [-0.2, 0) is 11.3 Å². The van der Waals surface area contributed by atoms with Gasteiger partial charge in [0.15, 0.2) is 0 Å². The molecule has 0 saturated carbocycles. The predicted octanol–water partition coefficient (Wildman–Crippen LogP) is 3.76. The number of hydrogen-bond donors (Lipinski definition) is 2. The molecule has 2 rings (SSSR count). The van der Waals surface area contributed by atoms with Crippen LogP contribution in [0.1, 0.15) is 42.4 Å². The third kappa shape index (κ3) is 5.16. The van der Waals surface area contributed by atoms with Crippen LogP contribution >= 0.6 is 11.3 Å². The van der Waals surface area contributed by atoms with Crippen molar-refractivity contribution in [2.45, 2.75) is 39.8 Å². The monoisotopic (exact) mass is 374 g/mol. The minimum Gasteiger partial charge on any atom is -0.394 e. The van der Waals surface area contributed by atoms with Gasteiger partial charge in [0.2, 0.25) is 5.91 Å². The van der Waals surface area contributed by atoms with Gasteiger partial charge in [-0.2, -0.15) is 0 Å². The highest BCUT2D eigenvalue weighted by molar-refractivity contribution is 7.09. The molecule has 0 radical (unpaired) electrons. The Balaban J connectivity index is 2.25. The number of rotatable bonds is 8. The van der Waals surface area contributed by atoms with Crippen molar-refractivity contribution < 1.29 is 14.7 Å². The van der Waals surface area contributed by atoms with Crippen LogP contribution in [0.25, 0.3) is 0 Å². The van der Waals surface area contributed by atoms with E-state index in [2.05, 4.69) is 5.32 Å². The molecule has 0 fully saturated rings. The molecular formula is C20H26N2O3S. The molecule has 0 spiro atoms. The van der Waals surface area contributed by atoms with E-state index in [1.54, 1.807) is 40.5 Å². The van der Waals surface area contributed by atoms with Gasteiger partial charge in [0.05, 0.1) is 19.2 Å². The molecule has 0 aliphatic heterocycles. The average Bonchev–Trinajstić information content (AvgIpc) is 3.14. The highest BCUT2D eigenvalue weighted by Crippen LogP contribution is 2.20. The summed E-state index contributed by atoms with van der Waals surface area (Å²) in [6.07, 6.45) is 0.664. The zero-order chi connectivity index (χ0) is 19.1. The average molecular weight is 375 g/mol.